The van der Waals surface area contributed by atoms with Gasteiger partial charge in [0.15, 0.2) is 11.1 Å². The van der Waals surface area contributed by atoms with Crippen molar-refractivity contribution in [3.8, 4) is 5.88 Å². The second kappa shape index (κ2) is 8.93. The highest BCUT2D eigenvalue weighted by Gasteiger charge is 2.24. The van der Waals surface area contributed by atoms with Gasteiger partial charge in [-0.1, -0.05) is 6.08 Å². The predicted molar refractivity (Wildman–Crippen MR) is 121 cm³/mol. The van der Waals surface area contributed by atoms with E-state index in [1.54, 1.807) is 23.9 Å². The maximum atomic E-state index is 11.5. The molecule has 4 N–H and O–H groups in total. The van der Waals surface area contributed by atoms with Crippen LogP contribution in [0.5, 0.6) is 5.88 Å². The molecule has 0 spiro atoms. The van der Waals surface area contributed by atoms with Crippen LogP contribution in [-0.2, 0) is 4.74 Å². The Balaban J connectivity index is 1.49. The van der Waals surface area contributed by atoms with Gasteiger partial charge in [0.1, 0.15) is 5.69 Å². The molecule has 1 aliphatic heterocycles. The SMILES string of the molecule is COCCNCC1=CCC(c2cc(=NC3CC3)n3ncc(=Cc4[nH]c(=O)[nH]c4O)c3n2)S1. The van der Waals surface area contributed by atoms with Crippen LogP contribution in [0.4, 0.5) is 0 Å². The Morgan fingerprint density at radius 1 is 1.44 bits per heavy atom. The number of allylic oxidation sites excluding steroid dienone is 1. The molecule has 1 aliphatic carbocycles. The van der Waals surface area contributed by atoms with Gasteiger partial charge in [-0.25, -0.2) is 9.78 Å². The van der Waals surface area contributed by atoms with Crippen molar-refractivity contribution in [2.24, 2.45) is 4.99 Å². The van der Waals surface area contributed by atoms with Crippen molar-refractivity contribution in [2.45, 2.75) is 30.6 Å². The molecule has 0 bridgehead atoms. The Kier molecular flexibility index (Phi) is 5.85. The molecule has 1 atom stereocenters. The van der Waals surface area contributed by atoms with Gasteiger partial charge in [0.2, 0.25) is 5.88 Å². The van der Waals surface area contributed by atoms with Gasteiger partial charge in [-0.05, 0) is 30.2 Å². The van der Waals surface area contributed by atoms with E-state index in [2.05, 4.69) is 26.5 Å². The summed E-state index contributed by atoms with van der Waals surface area (Å²) < 4.78 is 6.82. The van der Waals surface area contributed by atoms with Gasteiger partial charge >= 0.3 is 5.69 Å². The molecule has 5 rings (SSSR count). The third-order valence-corrected chi connectivity index (χ3v) is 6.69. The fourth-order valence-corrected chi connectivity index (χ4v) is 4.75. The third-order valence-electron chi connectivity index (χ3n) is 5.36. The topological polar surface area (TPSA) is 133 Å². The smallest absolute Gasteiger partial charge is 0.326 e. The number of rotatable bonds is 8. The minimum Gasteiger partial charge on any atom is -0.493 e. The lowest BCUT2D eigenvalue weighted by Gasteiger charge is -2.11. The van der Waals surface area contributed by atoms with E-state index in [4.69, 9.17) is 14.7 Å². The number of ether oxygens (including phenoxy) is 1. The number of hydrogen-bond donors (Lipinski definition) is 4. The van der Waals surface area contributed by atoms with Gasteiger partial charge in [-0.15, -0.1) is 11.8 Å². The number of imidazole rings is 1. The minimum absolute atomic E-state index is 0.204. The van der Waals surface area contributed by atoms with Crippen LogP contribution in [0.1, 0.15) is 35.9 Å². The van der Waals surface area contributed by atoms with Crippen molar-refractivity contribution < 1.29 is 9.84 Å². The fourth-order valence-electron chi connectivity index (χ4n) is 3.58. The number of methoxy groups -OCH3 is 1. The first-order chi connectivity index (χ1) is 15.6. The zero-order valence-corrected chi connectivity index (χ0v) is 18.5. The van der Waals surface area contributed by atoms with Crippen LogP contribution >= 0.6 is 11.8 Å². The zero-order chi connectivity index (χ0) is 22.1. The Morgan fingerprint density at radius 2 is 2.31 bits per heavy atom. The summed E-state index contributed by atoms with van der Waals surface area (Å²) in [5.41, 5.74) is 2.20. The van der Waals surface area contributed by atoms with Crippen molar-refractivity contribution in [1.82, 2.24) is 29.9 Å². The van der Waals surface area contributed by atoms with E-state index in [-0.39, 0.29) is 11.1 Å². The molecule has 1 fully saturated rings. The van der Waals surface area contributed by atoms with Crippen molar-refractivity contribution in [1.29, 1.82) is 0 Å². The number of fused-ring (bicyclic) bond motifs is 1. The molecular formula is C21H25N7O3S. The predicted octanol–water partition coefficient (Wildman–Crippen LogP) is 0.360. The monoisotopic (exact) mass is 455 g/mol. The van der Waals surface area contributed by atoms with Crippen LogP contribution in [-0.4, -0.2) is 62.5 Å². The van der Waals surface area contributed by atoms with E-state index in [9.17, 15) is 9.90 Å². The molecule has 0 amide bonds. The number of nitrogens with zero attached hydrogens (tertiary/aromatic N) is 4. The summed E-state index contributed by atoms with van der Waals surface area (Å²) in [7, 11) is 1.70. The van der Waals surface area contributed by atoms with Crippen LogP contribution in [0.3, 0.4) is 0 Å². The Morgan fingerprint density at radius 3 is 3.06 bits per heavy atom. The Bertz CT molecular complexity index is 1340. The van der Waals surface area contributed by atoms with E-state index in [1.807, 2.05) is 17.8 Å². The van der Waals surface area contributed by atoms with Gasteiger partial charge in [0, 0.05) is 31.5 Å². The molecule has 3 aromatic heterocycles. The molecule has 168 valence electrons. The third kappa shape index (κ3) is 4.50. The molecule has 32 heavy (non-hydrogen) atoms. The molecule has 0 radical (unpaired) electrons. The number of nitrogens with one attached hydrogen (secondary N) is 3. The molecule has 10 nitrogen and oxygen atoms in total. The highest BCUT2D eigenvalue weighted by Crippen LogP contribution is 2.42. The van der Waals surface area contributed by atoms with Gasteiger partial charge in [0.25, 0.3) is 0 Å². The van der Waals surface area contributed by atoms with Crippen molar-refractivity contribution in [3.05, 3.63) is 55.8 Å². The van der Waals surface area contributed by atoms with Crippen LogP contribution in [0.15, 0.2) is 33.0 Å². The molecule has 1 saturated carbocycles. The van der Waals surface area contributed by atoms with E-state index in [0.717, 1.165) is 43.5 Å². The second-order valence-corrected chi connectivity index (χ2v) is 9.23. The Labute approximate surface area is 187 Å². The molecule has 2 aliphatic rings. The summed E-state index contributed by atoms with van der Waals surface area (Å²) in [6, 6.07) is 2.37. The lowest BCUT2D eigenvalue weighted by Crippen LogP contribution is -2.21. The lowest BCUT2D eigenvalue weighted by molar-refractivity contribution is 0.200. The maximum absolute atomic E-state index is 11.5. The molecule has 0 saturated heterocycles. The van der Waals surface area contributed by atoms with Gasteiger partial charge in [0.05, 0.1) is 29.8 Å². The summed E-state index contributed by atoms with van der Waals surface area (Å²) in [5, 5.41) is 18.7. The molecule has 0 aromatic carbocycles. The van der Waals surface area contributed by atoms with Gasteiger partial charge in [-0.3, -0.25) is 9.98 Å². The van der Waals surface area contributed by atoms with E-state index >= 15 is 0 Å². The fraction of sp³-hybridized carbons (Fsp3) is 0.429. The highest BCUT2D eigenvalue weighted by molar-refractivity contribution is 8.03. The van der Waals surface area contributed by atoms with E-state index in [1.165, 1.54) is 4.91 Å². The number of aromatic amines is 2. The first-order valence-electron chi connectivity index (χ1n) is 10.6. The summed E-state index contributed by atoms with van der Waals surface area (Å²) in [5.74, 6) is -0.213. The van der Waals surface area contributed by atoms with Gasteiger partial charge in [-0.2, -0.15) is 9.61 Å². The normalized spacial score (nSPS) is 19.9. The first-order valence-corrected chi connectivity index (χ1v) is 11.5. The summed E-state index contributed by atoms with van der Waals surface area (Å²) in [4.78, 5) is 27.4. The molecule has 11 heteroatoms. The quantitative estimate of drug-likeness (QED) is 0.361. The van der Waals surface area contributed by atoms with Crippen molar-refractivity contribution in [2.75, 3.05) is 26.8 Å². The average Bonchev–Trinajstić information content (AvgIpc) is 3.16. The standard InChI is InChI=1S/C21H25N7O3S/c1-31-7-6-22-11-14-4-5-17(32-14)15-9-18(24-13-2-3-13)28-19(25-15)12(10-23-28)8-16-20(29)27-21(30)26-16/h4,8-10,13,17,22,29H,2-3,5-7,11H2,1H3,(H2,26,27,30). The van der Waals surface area contributed by atoms with Gasteiger partial charge < -0.3 is 20.1 Å². The van der Waals surface area contributed by atoms with E-state index in [0.29, 0.717) is 29.2 Å². The zero-order valence-electron chi connectivity index (χ0n) is 17.7. The largest absolute Gasteiger partial charge is 0.493 e. The molecule has 4 heterocycles. The number of aromatic hydroxyl groups is 1. The van der Waals surface area contributed by atoms with Crippen LogP contribution in [0.2, 0.25) is 0 Å². The van der Waals surface area contributed by atoms with Crippen LogP contribution < -0.4 is 21.7 Å². The average molecular weight is 456 g/mol. The molecular weight excluding hydrogens is 430 g/mol. The van der Waals surface area contributed by atoms with Crippen LogP contribution in [0, 0.1) is 0 Å². The molecule has 3 aromatic rings. The number of H-pyrrole nitrogens is 2. The maximum Gasteiger partial charge on any atom is 0.326 e. The number of aromatic nitrogens is 5. The van der Waals surface area contributed by atoms with E-state index < -0.39 is 5.69 Å². The summed E-state index contributed by atoms with van der Waals surface area (Å²) in [6.07, 6.45) is 8.68. The first kappa shape index (κ1) is 21.0. The second-order valence-electron chi connectivity index (χ2n) is 7.90. The minimum atomic E-state index is -0.469. The molecule has 1 unspecified atom stereocenters. The number of hydrogen-bond acceptors (Lipinski definition) is 8. The number of thioether (sulfide) groups is 1. The summed E-state index contributed by atoms with van der Waals surface area (Å²) >= 11 is 1.81. The highest BCUT2D eigenvalue weighted by atomic mass is 32.2. The lowest BCUT2D eigenvalue weighted by atomic mass is 10.2. The Hall–Kier alpha value is -2.89. The summed E-state index contributed by atoms with van der Waals surface area (Å²) in [6.45, 7) is 2.32. The van der Waals surface area contributed by atoms with Crippen molar-refractivity contribution in [3.63, 3.8) is 0 Å². The van der Waals surface area contributed by atoms with Crippen LogP contribution in [0.25, 0.3) is 11.7 Å². The van der Waals surface area contributed by atoms with Crippen molar-refractivity contribution >= 4 is 23.5 Å².